The van der Waals surface area contributed by atoms with Crippen molar-refractivity contribution in [2.75, 3.05) is 13.1 Å². The smallest absolute Gasteiger partial charge is 0.351 e. The van der Waals surface area contributed by atoms with Crippen molar-refractivity contribution in [3.05, 3.63) is 17.5 Å². The monoisotopic (exact) mass is 290 g/mol. The summed E-state index contributed by atoms with van der Waals surface area (Å²) in [5, 5.41) is 9.09. The Labute approximate surface area is 114 Å². The molecule has 0 saturated carbocycles. The van der Waals surface area contributed by atoms with Gasteiger partial charge in [-0.1, -0.05) is 0 Å². The zero-order valence-electron chi connectivity index (χ0n) is 11.3. The second kappa shape index (κ2) is 5.08. The van der Waals surface area contributed by atoms with Crippen LogP contribution in [-0.2, 0) is 18.4 Å². The number of alkyl halides is 3. The van der Waals surface area contributed by atoms with Gasteiger partial charge < -0.3 is 10.6 Å². The van der Waals surface area contributed by atoms with Crippen molar-refractivity contribution in [3.63, 3.8) is 0 Å². The highest BCUT2D eigenvalue weighted by molar-refractivity contribution is 5.84. The first-order valence-corrected chi connectivity index (χ1v) is 6.31. The van der Waals surface area contributed by atoms with Gasteiger partial charge in [-0.2, -0.15) is 18.3 Å². The first-order valence-electron chi connectivity index (χ1n) is 6.31. The first kappa shape index (κ1) is 14.8. The Kier molecular flexibility index (Phi) is 3.77. The number of hydrogen-bond donors (Lipinski definition) is 2. The lowest BCUT2D eigenvalue weighted by molar-refractivity contribution is -0.216. The van der Waals surface area contributed by atoms with Crippen LogP contribution < -0.4 is 10.6 Å². The highest BCUT2D eigenvalue weighted by atomic mass is 19.4. The van der Waals surface area contributed by atoms with E-state index in [9.17, 15) is 18.0 Å². The van der Waals surface area contributed by atoms with Gasteiger partial charge in [-0.25, -0.2) is 0 Å². The third-order valence-electron chi connectivity index (χ3n) is 3.69. The van der Waals surface area contributed by atoms with Gasteiger partial charge in [-0.05, 0) is 19.9 Å². The molecule has 0 aromatic carbocycles. The maximum Gasteiger partial charge on any atom is 0.404 e. The molecule has 1 aromatic rings. The molecule has 1 aliphatic heterocycles. The number of hydrogen-bond acceptors (Lipinski definition) is 3. The van der Waals surface area contributed by atoms with Gasteiger partial charge >= 0.3 is 6.18 Å². The first-order chi connectivity index (χ1) is 9.26. The molecule has 1 aromatic heterocycles. The molecule has 112 valence electrons. The predicted octanol–water partition coefficient (Wildman–Crippen LogP) is 0.887. The number of halogens is 3. The van der Waals surface area contributed by atoms with Gasteiger partial charge in [0.05, 0.1) is 5.69 Å². The average molecular weight is 290 g/mol. The summed E-state index contributed by atoms with van der Waals surface area (Å²) in [5.74, 6) is -0.974. The van der Waals surface area contributed by atoms with Crippen molar-refractivity contribution < 1.29 is 18.0 Å². The highest BCUT2D eigenvalue weighted by Gasteiger charge is 2.61. The summed E-state index contributed by atoms with van der Waals surface area (Å²) in [5.41, 5.74) is -0.911. The van der Waals surface area contributed by atoms with Crippen LogP contribution in [0.2, 0.25) is 0 Å². The number of nitrogens with one attached hydrogen (secondary N) is 2. The van der Waals surface area contributed by atoms with Gasteiger partial charge in [-0.15, -0.1) is 0 Å². The van der Waals surface area contributed by atoms with Gasteiger partial charge in [0.2, 0.25) is 5.91 Å². The average Bonchev–Trinajstić information content (AvgIpc) is 2.93. The van der Waals surface area contributed by atoms with Crippen molar-refractivity contribution in [1.29, 1.82) is 0 Å². The summed E-state index contributed by atoms with van der Waals surface area (Å²) < 4.78 is 41.0. The van der Waals surface area contributed by atoms with Crippen LogP contribution in [0.25, 0.3) is 0 Å². The van der Waals surface area contributed by atoms with E-state index in [-0.39, 0.29) is 26.1 Å². The topological polar surface area (TPSA) is 59.0 Å². The maximum absolute atomic E-state index is 13.2. The van der Waals surface area contributed by atoms with Gasteiger partial charge in [0.15, 0.2) is 5.41 Å². The predicted molar refractivity (Wildman–Crippen MR) is 65.8 cm³/mol. The molecule has 0 aliphatic carbocycles. The molecule has 0 spiro atoms. The van der Waals surface area contributed by atoms with Crippen molar-refractivity contribution in [1.82, 2.24) is 20.4 Å². The van der Waals surface area contributed by atoms with Crippen molar-refractivity contribution in [2.45, 2.75) is 26.1 Å². The molecule has 1 amide bonds. The quantitative estimate of drug-likeness (QED) is 0.869. The van der Waals surface area contributed by atoms with E-state index < -0.39 is 17.5 Å². The Morgan fingerprint density at radius 1 is 1.60 bits per heavy atom. The van der Waals surface area contributed by atoms with Crippen LogP contribution in [-0.4, -0.2) is 35.0 Å². The van der Waals surface area contributed by atoms with Crippen LogP contribution >= 0.6 is 0 Å². The summed E-state index contributed by atoms with van der Waals surface area (Å²) in [6, 6.07) is 0. The second-order valence-electron chi connectivity index (χ2n) is 5.10. The van der Waals surface area contributed by atoms with E-state index >= 15 is 0 Å². The number of rotatable bonds is 3. The van der Waals surface area contributed by atoms with Gasteiger partial charge in [0, 0.05) is 31.9 Å². The molecule has 2 rings (SSSR count). The molecule has 1 atom stereocenters. The zero-order valence-corrected chi connectivity index (χ0v) is 11.3. The minimum Gasteiger partial charge on any atom is -0.351 e. The Morgan fingerprint density at radius 3 is 2.75 bits per heavy atom. The summed E-state index contributed by atoms with van der Waals surface area (Å²) in [7, 11) is 1.72. The molecule has 2 N–H and O–H groups in total. The van der Waals surface area contributed by atoms with Crippen LogP contribution in [0.3, 0.4) is 0 Å². The minimum absolute atomic E-state index is 0.0519. The number of aryl methyl sites for hydroxylation is 2. The van der Waals surface area contributed by atoms with Crippen LogP contribution in [0, 0.1) is 12.3 Å². The van der Waals surface area contributed by atoms with Gasteiger partial charge in [-0.3, -0.25) is 9.48 Å². The molecule has 8 heteroatoms. The fourth-order valence-electron chi connectivity index (χ4n) is 2.42. The summed E-state index contributed by atoms with van der Waals surface area (Å²) >= 11 is 0. The molecular weight excluding hydrogens is 273 g/mol. The third-order valence-corrected chi connectivity index (χ3v) is 3.69. The lowest BCUT2D eigenvalue weighted by atomic mass is 9.85. The molecule has 2 heterocycles. The molecule has 5 nitrogen and oxygen atoms in total. The van der Waals surface area contributed by atoms with Crippen molar-refractivity contribution >= 4 is 5.91 Å². The summed E-state index contributed by atoms with van der Waals surface area (Å²) in [6.07, 6.45) is -3.10. The van der Waals surface area contributed by atoms with Crippen molar-refractivity contribution in [2.24, 2.45) is 12.5 Å². The molecule has 1 aliphatic rings. The van der Waals surface area contributed by atoms with E-state index in [0.29, 0.717) is 11.3 Å². The zero-order chi connectivity index (χ0) is 15.0. The fraction of sp³-hybridized carbons (Fsp3) is 0.667. The molecule has 0 radical (unpaired) electrons. The number of amides is 1. The number of aromatic nitrogens is 2. The highest BCUT2D eigenvalue weighted by Crippen LogP contribution is 2.43. The number of nitrogens with zero attached hydrogens (tertiary/aromatic N) is 2. The summed E-state index contributed by atoms with van der Waals surface area (Å²) in [4.78, 5) is 12.0. The normalized spacial score (nSPS) is 23.1. The SMILES string of the molecule is Cc1nn(C)cc1CNC(=O)C1(C(F)(F)F)CCNC1. The fourth-order valence-corrected chi connectivity index (χ4v) is 2.42. The van der Waals surface area contributed by atoms with E-state index in [1.165, 1.54) is 0 Å². The van der Waals surface area contributed by atoms with Gasteiger partial charge in [0.1, 0.15) is 0 Å². The van der Waals surface area contributed by atoms with E-state index in [1.54, 1.807) is 24.9 Å². The summed E-state index contributed by atoms with van der Waals surface area (Å²) in [6.45, 7) is 1.63. The Hall–Kier alpha value is -1.57. The van der Waals surface area contributed by atoms with E-state index in [1.807, 2.05) is 0 Å². The second-order valence-corrected chi connectivity index (χ2v) is 5.10. The van der Waals surface area contributed by atoms with Crippen LogP contribution in [0.15, 0.2) is 6.20 Å². The Bertz CT molecular complexity index is 503. The molecule has 0 bridgehead atoms. The molecular formula is C12H17F3N4O. The molecule has 1 fully saturated rings. The molecule has 20 heavy (non-hydrogen) atoms. The number of carbonyl (C=O) groups excluding carboxylic acids is 1. The standard InChI is InChI=1S/C12H17F3N4O/c1-8-9(6-19(2)18-8)5-17-10(20)11(12(13,14)15)3-4-16-7-11/h6,16H,3-5,7H2,1-2H3,(H,17,20). The van der Waals surface area contributed by atoms with E-state index in [0.717, 1.165) is 0 Å². The van der Waals surface area contributed by atoms with Crippen LogP contribution in [0.1, 0.15) is 17.7 Å². The Morgan fingerprint density at radius 2 is 2.30 bits per heavy atom. The van der Waals surface area contributed by atoms with Crippen LogP contribution in [0.5, 0.6) is 0 Å². The van der Waals surface area contributed by atoms with Gasteiger partial charge in [0.25, 0.3) is 0 Å². The Balaban J connectivity index is 2.09. The third kappa shape index (κ3) is 2.52. The van der Waals surface area contributed by atoms with Crippen molar-refractivity contribution in [3.8, 4) is 0 Å². The molecule has 1 unspecified atom stereocenters. The molecule has 1 saturated heterocycles. The van der Waals surface area contributed by atoms with E-state index in [2.05, 4.69) is 15.7 Å². The minimum atomic E-state index is -4.55. The largest absolute Gasteiger partial charge is 0.404 e. The lowest BCUT2D eigenvalue weighted by Gasteiger charge is -2.29. The van der Waals surface area contributed by atoms with E-state index in [4.69, 9.17) is 0 Å². The number of carbonyl (C=O) groups is 1. The van der Waals surface area contributed by atoms with Crippen LogP contribution in [0.4, 0.5) is 13.2 Å². The maximum atomic E-state index is 13.2. The lowest BCUT2D eigenvalue weighted by Crippen LogP contribution is -2.52.